The standard InChI is InChI=1S/C17H28N4O3/c1-11-9-13-14(12(2)24-11)18-19-15(13)16(23)20-5-7-21(8-6-20)17(3,4)10-22/h11-12,22H,5-10H2,1-4H3,(H,18,19)/t11-,12+/m1/s1. The number of aliphatic hydroxyl groups is 1. The van der Waals surface area contributed by atoms with E-state index in [1.165, 1.54) is 0 Å². The number of fused-ring (bicyclic) bond motifs is 1. The number of hydrogen-bond acceptors (Lipinski definition) is 5. The van der Waals surface area contributed by atoms with E-state index in [1.807, 2.05) is 32.6 Å². The molecule has 0 aliphatic carbocycles. The molecule has 0 radical (unpaired) electrons. The minimum Gasteiger partial charge on any atom is -0.394 e. The van der Waals surface area contributed by atoms with Crippen molar-refractivity contribution in [1.29, 1.82) is 0 Å². The summed E-state index contributed by atoms with van der Waals surface area (Å²) >= 11 is 0. The fraction of sp³-hybridized carbons (Fsp3) is 0.765. The molecule has 0 aromatic carbocycles. The third kappa shape index (κ3) is 3.08. The van der Waals surface area contributed by atoms with Crippen molar-refractivity contribution in [1.82, 2.24) is 20.0 Å². The van der Waals surface area contributed by atoms with Gasteiger partial charge in [0.05, 0.1) is 24.5 Å². The van der Waals surface area contributed by atoms with Crippen LogP contribution in [0.5, 0.6) is 0 Å². The predicted molar refractivity (Wildman–Crippen MR) is 89.9 cm³/mol. The van der Waals surface area contributed by atoms with Crippen molar-refractivity contribution in [2.24, 2.45) is 0 Å². The predicted octanol–water partition coefficient (Wildman–Crippen LogP) is 0.961. The first-order valence-corrected chi connectivity index (χ1v) is 8.71. The molecule has 1 amide bonds. The number of amides is 1. The summed E-state index contributed by atoms with van der Waals surface area (Å²) in [5.74, 6) is -0.00439. The van der Waals surface area contributed by atoms with Gasteiger partial charge in [0.2, 0.25) is 0 Å². The summed E-state index contributed by atoms with van der Waals surface area (Å²) in [6, 6.07) is 0. The summed E-state index contributed by atoms with van der Waals surface area (Å²) in [6.07, 6.45) is 0.758. The van der Waals surface area contributed by atoms with Gasteiger partial charge in [-0.3, -0.25) is 14.8 Å². The van der Waals surface area contributed by atoms with E-state index in [0.717, 1.165) is 30.8 Å². The molecule has 2 aliphatic rings. The fourth-order valence-electron chi connectivity index (χ4n) is 3.62. The van der Waals surface area contributed by atoms with E-state index in [4.69, 9.17) is 4.74 Å². The Morgan fingerprint density at radius 2 is 2.00 bits per heavy atom. The van der Waals surface area contributed by atoms with Crippen molar-refractivity contribution >= 4 is 5.91 Å². The van der Waals surface area contributed by atoms with Crippen LogP contribution in [0.2, 0.25) is 0 Å². The van der Waals surface area contributed by atoms with Gasteiger partial charge in [-0.1, -0.05) is 0 Å². The minimum atomic E-state index is -0.247. The second-order valence-electron chi connectivity index (χ2n) is 7.51. The maximum Gasteiger partial charge on any atom is 0.274 e. The summed E-state index contributed by atoms with van der Waals surface area (Å²) in [7, 11) is 0. The van der Waals surface area contributed by atoms with Crippen molar-refractivity contribution in [2.45, 2.75) is 51.9 Å². The van der Waals surface area contributed by atoms with E-state index in [9.17, 15) is 9.90 Å². The number of aliphatic hydroxyl groups excluding tert-OH is 1. The highest BCUT2D eigenvalue weighted by atomic mass is 16.5. The van der Waals surface area contributed by atoms with Crippen LogP contribution in [0.15, 0.2) is 0 Å². The van der Waals surface area contributed by atoms with Crippen LogP contribution < -0.4 is 0 Å². The lowest BCUT2D eigenvalue weighted by molar-refractivity contribution is -0.00713. The number of carbonyl (C=O) groups excluding carboxylic acids is 1. The molecule has 1 aromatic rings. The zero-order valence-corrected chi connectivity index (χ0v) is 15.0. The van der Waals surface area contributed by atoms with Gasteiger partial charge < -0.3 is 14.7 Å². The first-order valence-electron chi connectivity index (χ1n) is 8.71. The van der Waals surface area contributed by atoms with Gasteiger partial charge in [-0.2, -0.15) is 5.10 Å². The quantitative estimate of drug-likeness (QED) is 0.859. The Morgan fingerprint density at radius 1 is 1.33 bits per heavy atom. The van der Waals surface area contributed by atoms with Crippen molar-refractivity contribution in [3.63, 3.8) is 0 Å². The number of hydrogen-bond donors (Lipinski definition) is 2. The zero-order chi connectivity index (χ0) is 17.5. The minimum absolute atomic E-state index is 0.00439. The van der Waals surface area contributed by atoms with Gasteiger partial charge in [-0.25, -0.2) is 0 Å². The number of ether oxygens (including phenoxy) is 1. The van der Waals surface area contributed by atoms with Crippen molar-refractivity contribution in [3.05, 3.63) is 17.0 Å². The number of aromatic amines is 1. The van der Waals surface area contributed by atoms with Crippen LogP contribution in [0.4, 0.5) is 0 Å². The van der Waals surface area contributed by atoms with Crippen LogP contribution in [0.25, 0.3) is 0 Å². The van der Waals surface area contributed by atoms with Crippen LogP contribution in [0.1, 0.15) is 55.5 Å². The van der Waals surface area contributed by atoms with Gasteiger partial charge >= 0.3 is 0 Å². The molecule has 24 heavy (non-hydrogen) atoms. The molecule has 0 saturated carbocycles. The van der Waals surface area contributed by atoms with E-state index >= 15 is 0 Å². The van der Waals surface area contributed by atoms with Gasteiger partial charge in [0.15, 0.2) is 5.69 Å². The summed E-state index contributed by atoms with van der Waals surface area (Å²) in [4.78, 5) is 17.0. The number of rotatable bonds is 3. The molecule has 7 nitrogen and oxygen atoms in total. The molecular weight excluding hydrogens is 308 g/mol. The summed E-state index contributed by atoms with van der Waals surface area (Å²) in [5, 5.41) is 16.8. The topological polar surface area (TPSA) is 81.7 Å². The first-order chi connectivity index (χ1) is 11.3. The van der Waals surface area contributed by atoms with E-state index in [-0.39, 0.29) is 30.3 Å². The Bertz CT molecular complexity index is 605. The van der Waals surface area contributed by atoms with Crippen LogP contribution in [0, 0.1) is 0 Å². The molecule has 0 unspecified atom stereocenters. The highest BCUT2D eigenvalue weighted by Crippen LogP contribution is 2.30. The molecule has 2 N–H and O–H groups in total. The smallest absolute Gasteiger partial charge is 0.274 e. The Kier molecular flexibility index (Phi) is 4.68. The van der Waals surface area contributed by atoms with Crippen LogP contribution in [-0.2, 0) is 11.2 Å². The number of nitrogens with zero attached hydrogens (tertiary/aromatic N) is 3. The third-order valence-electron chi connectivity index (χ3n) is 5.25. The summed E-state index contributed by atoms with van der Waals surface area (Å²) in [5.41, 5.74) is 2.23. The highest BCUT2D eigenvalue weighted by molar-refractivity contribution is 5.94. The molecule has 3 rings (SSSR count). The number of H-pyrrole nitrogens is 1. The van der Waals surface area contributed by atoms with Crippen molar-refractivity contribution < 1.29 is 14.6 Å². The number of nitrogens with one attached hydrogen (secondary N) is 1. The molecule has 3 heterocycles. The van der Waals surface area contributed by atoms with Crippen molar-refractivity contribution in [2.75, 3.05) is 32.8 Å². The van der Waals surface area contributed by atoms with Gasteiger partial charge in [-0.05, 0) is 27.7 Å². The monoisotopic (exact) mass is 336 g/mol. The van der Waals surface area contributed by atoms with Gasteiger partial charge in [0, 0.05) is 43.7 Å². The Hall–Kier alpha value is -1.44. The Morgan fingerprint density at radius 3 is 2.62 bits per heavy atom. The normalized spacial score (nSPS) is 25.6. The zero-order valence-electron chi connectivity index (χ0n) is 15.0. The van der Waals surface area contributed by atoms with E-state index in [2.05, 4.69) is 15.1 Å². The molecule has 7 heteroatoms. The largest absolute Gasteiger partial charge is 0.394 e. The molecule has 0 spiro atoms. The van der Waals surface area contributed by atoms with Gasteiger partial charge in [0.1, 0.15) is 0 Å². The second-order valence-corrected chi connectivity index (χ2v) is 7.51. The Labute approximate surface area is 143 Å². The van der Waals surface area contributed by atoms with Crippen LogP contribution in [-0.4, -0.2) is 75.4 Å². The molecule has 134 valence electrons. The molecule has 1 aromatic heterocycles. The molecule has 2 atom stereocenters. The molecule has 0 bridgehead atoms. The van der Waals surface area contributed by atoms with Gasteiger partial charge in [-0.15, -0.1) is 0 Å². The second kappa shape index (κ2) is 6.46. The highest BCUT2D eigenvalue weighted by Gasteiger charge is 2.34. The lowest BCUT2D eigenvalue weighted by atomic mass is 9.99. The average Bonchev–Trinajstić information content (AvgIpc) is 2.98. The third-order valence-corrected chi connectivity index (χ3v) is 5.25. The van der Waals surface area contributed by atoms with E-state index in [1.54, 1.807) is 0 Å². The maximum atomic E-state index is 12.9. The maximum absolute atomic E-state index is 12.9. The van der Waals surface area contributed by atoms with Crippen molar-refractivity contribution in [3.8, 4) is 0 Å². The number of aromatic nitrogens is 2. The Balaban J connectivity index is 1.71. The average molecular weight is 336 g/mol. The van der Waals surface area contributed by atoms with E-state index < -0.39 is 0 Å². The lowest BCUT2D eigenvalue weighted by Crippen LogP contribution is -2.57. The summed E-state index contributed by atoms with van der Waals surface area (Å²) < 4.78 is 5.79. The lowest BCUT2D eigenvalue weighted by Gasteiger charge is -2.43. The number of piperazine rings is 1. The van der Waals surface area contributed by atoms with Crippen LogP contribution >= 0.6 is 0 Å². The number of carbonyl (C=O) groups is 1. The summed E-state index contributed by atoms with van der Waals surface area (Å²) in [6.45, 7) is 11.0. The SMILES string of the molecule is C[C@@H]1Cc2c(C(=O)N3CCN(C(C)(C)CO)CC3)n[nH]c2[C@H](C)O1. The molecule has 2 aliphatic heterocycles. The molecular formula is C17H28N4O3. The van der Waals surface area contributed by atoms with E-state index in [0.29, 0.717) is 18.8 Å². The molecule has 1 saturated heterocycles. The fourth-order valence-corrected chi connectivity index (χ4v) is 3.62. The van der Waals surface area contributed by atoms with Crippen LogP contribution in [0.3, 0.4) is 0 Å². The first kappa shape index (κ1) is 17.4. The van der Waals surface area contributed by atoms with Gasteiger partial charge in [0.25, 0.3) is 5.91 Å². The molecule has 1 fully saturated rings.